The van der Waals surface area contributed by atoms with E-state index in [1.807, 2.05) is 24.3 Å². The lowest BCUT2D eigenvalue weighted by Crippen LogP contribution is -2.26. The van der Waals surface area contributed by atoms with Crippen molar-refractivity contribution in [2.75, 3.05) is 12.3 Å². The number of benzene rings is 1. The molecule has 3 heteroatoms. The predicted octanol–water partition coefficient (Wildman–Crippen LogP) is 3.05. The normalized spacial score (nSPS) is 12.1. The largest absolute Gasteiger partial charge is 0.399 e. The summed E-state index contributed by atoms with van der Waals surface area (Å²) in [4.78, 5) is 0. The molecule has 0 atom stereocenters. The molecule has 0 unspecified atom stereocenters. The topological polar surface area (TPSA) is 35.2 Å². The summed E-state index contributed by atoms with van der Waals surface area (Å²) in [5, 5.41) is 0.369. The fraction of sp³-hybridized carbons (Fsp3) is 0.538. The van der Waals surface area contributed by atoms with E-state index >= 15 is 0 Å². The number of hydrogen-bond donors (Lipinski definition) is 1. The molecule has 1 aromatic rings. The number of anilines is 1. The second kappa shape index (κ2) is 5.50. The molecule has 0 amide bonds. The van der Waals surface area contributed by atoms with Crippen LogP contribution < -0.4 is 5.73 Å². The minimum Gasteiger partial charge on any atom is -0.399 e. The van der Waals surface area contributed by atoms with Gasteiger partial charge in [-0.1, -0.05) is 39.1 Å². The van der Waals surface area contributed by atoms with Gasteiger partial charge >= 0.3 is 0 Å². The maximum Gasteiger partial charge on any atom is 0.0717 e. The monoisotopic (exact) mass is 237 g/mol. The van der Waals surface area contributed by atoms with Crippen LogP contribution >= 0.6 is 0 Å². The number of nitrogen functional groups attached to an aromatic ring is 1. The van der Waals surface area contributed by atoms with Crippen LogP contribution in [0.15, 0.2) is 24.3 Å². The Kier molecular flexibility index (Phi) is 4.56. The SMILES string of the molecule is C[SiH](C)C(C)(C)COCc1ccc(N)cc1. The van der Waals surface area contributed by atoms with Crippen molar-refractivity contribution in [1.29, 1.82) is 0 Å². The highest BCUT2D eigenvalue weighted by molar-refractivity contribution is 6.59. The minimum absolute atomic E-state index is 0.369. The number of hydrogen-bond acceptors (Lipinski definition) is 2. The van der Waals surface area contributed by atoms with Crippen molar-refractivity contribution >= 4 is 14.5 Å². The van der Waals surface area contributed by atoms with Crippen LogP contribution in [0.5, 0.6) is 0 Å². The average Bonchev–Trinajstić information content (AvgIpc) is 2.20. The van der Waals surface area contributed by atoms with Gasteiger partial charge in [0.2, 0.25) is 0 Å². The predicted molar refractivity (Wildman–Crippen MR) is 73.4 cm³/mol. The third-order valence-corrected chi connectivity index (χ3v) is 6.58. The molecule has 0 saturated carbocycles. The molecule has 90 valence electrons. The first-order valence-electron chi connectivity index (χ1n) is 5.84. The second-order valence-electron chi connectivity index (χ2n) is 5.38. The summed E-state index contributed by atoms with van der Waals surface area (Å²) in [7, 11) is -0.658. The molecule has 16 heavy (non-hydrogen) atoms. The van der Waals surface area contributed by atoms with Crippen molar-refractivity contribution in [2.24, 2.45) is 0 Å². The van der Waals surface area contributed by atoms with E-state index in [9.17, 15) is 0 Å². The van der Waals surface area contributed by atoms with Crippen molar-refractivity contribution in [1.82, 2.24) is 0 Å². The summed E-state index contributed by atoms with van der Waals surface area (Å²) in [6.45, 7) is 10.9. The number of nitrogens with two attached hydrogens (primary N) is 1. The Labute approximate surface area is 100 Å². The Morgan fingerprint density at radius 2 is 1.75 bits per heavy atom. The van der Waals surface area contributed by atoms with Gasteiger partial charge in [-0.2, -0.15) is 0 Å². The summed E-state index contributed by atoms with van der Waals surface area (Å²) < 4.78 is 5.78. The Hall–Kier alpha value is -0.803. The molecule has 0 aliphatic heterocycles. The molecular weight excluding hydrogens is 214 g/mol. The first kappa shape index (κ1) is 13.3. The van der Waals surface area contributed by atoms with Crippen LogP contribution in [0, 0.1) is 0 Å². The Morgan fingerprint density at radius 1 is 1.19 bits per heavy atom. The van der Waals surface area contributed by atoms with Crippen LogP contribution in [-0.2, 0) is 11.3 Å². The van der Waals surface area contributed by atoms with E-state index in [4.69, 9.17) is 10.5 Å². The second-order valence-corrected chi connectivity index (χ2v) is 9.25. The van der Waals surface area contributed by atoms with Gasteiger partial charge in [0.1, 0.15) is 0 Å². The fourth-order valence-electron chi connectivity index (χ4n) is 1.21. The zero-order valence-corrected chi connectivity index (χ0v) is 11.9. The van der Waals surface area contributed by atoms with E-state index in [1.165, 1.54) is 5.56 Å². The Morgan fingerprint density at radius 3 is 2.25 bits per heavy atom. The smallest absolute Gasteiger partial charge is 0.0717 e. The van der Waals surface area contributed by atoms with E-state index in [-0.39, 0.29) is 0 Å². The van der Waals surface area contributed by atoms with Gasteiger partial charge in [-0.25, -0.2) is 0 Å². The molecule has 0 radical (unpaired) electrons. The highest BCUT2D eigenvalue weighted by Crippen LogP contribution is 2.28. The first-order valence-corrected chi connectivity index (χ1v) is 8.72. The van der Waals surface area contributed by atoms with Gasteiger partial charge in [-0.05, 0) is 22.7 Å². The van der Waals surface area contributed by atoms with Crippen molar-refractivity contribution < 1.29 is 4.74 Å². The van der Waals surface area contributed by atoms with Crippen molar-refractivity contribution in [3.05, 3.63) is 29.8 Å². The summed E-state index contributed by atoms with van der Waals surface area (Å²) in [6.07, 6.45) is 0. The van der Waals surface area contributed by atoms with E-state index in [0.29, 0.717) is 11.6 Å². The van der Waals surface area contributed by atoms with E-state index in [0.717, 1.165) is 12.3 Å². The lowest BCUT2D eigenvalue weighted by atomic mass is 10.2. The van der Waals surface area contributed by atoms with Gasteiger partial charge in [-0.3, -0.25) is 0 Å². The van der Waals surface area contributed by atoms with E-state index in [1.54, 1.807) is 0 Å². The van der Waals surface area contributed by atoms with Gasteiger partial charge in [-0.15, -0.1) is 0 Å². The molecule has 0 aliphatic carbocycles. The summed E-state index contributed by atoms with van der Waals surface area (Å²) in [6, 6.07) is 7.88. The average molecular weight is 237 g/mol. The highest BCUT2D eigenvalue weighted by Gasteiger charge is 2.23. The molecule has 0 bridgehead atoms. The van der Waals surface area contributed by atoms with Gasteiger partial charge in [0.15, 0.2) is 0 Å². The van der Waals surface area contributed by atoms with Crippen LogP contribution in [0.3, 0.4) is 0 Å². The molecule has 1 rings (SSSR count). The Bertz CT molecular complexity index is 319. The van der Waals surface area contributed by atoms with Crippen LogP contribution in [0.4, 0.5) is 5.69 Å². The van der Waals surface area contributed by atoms with Crippen LogP contribution in [-0.4, -0.2) is 15.4 Å². The molecule has 0 fully saturated rings. The van der Waals surface area contributed by atoms with Gasteiger partial charge in [0, 0.05) is 21.1 Å². The summed E-state index contributed by atoms with van der Waals surface area (Å²) >= 11 is 0. The lowest BCUT2D eigenvalue weighted by Gasteiger charge is -2.27. The minimum atomic E-state index is -0.658. The van der Waals surface area contributed by atoms with Crippen LogP contribution in [0.25, 0.3) is 0 Å². The highest BCUT2D eigenvalue weighted by atomic mass is 28.3. The zero-order chi connectivity index (χ0) is 12.2. The first-order chi connectivity index (χ1) is 7.42. The van der Waals surface area contributed by atoms with E-state index in [2.05, 4.69) is 26.9 Å². The molecule has 0 spiro atoms. The number of rotatable bonds is 5. The maximum atomic E-state index is 5.78. The van der Waals surface area contributed by atoms with Crippen molar-refractivity contribution in [2.45, 2.75) is 38.6 Å². The molecule has 0 aliphatic rings. The van der Waals surface area contributed by atoms with E-state index < -0.39 is 8.80 Å². The van der Waals surface area contributed by atoms with Gasteiger partial charge in [0.05, 0.1) is 6.61 Å². The molecule has 2 N–H and O–H groups in total. The summed E-state index contributed by atoms with van der Waals surface area (Å²) in [5.41, 5.74) is 7.62. The fourth-order valence-corrected chi connectivity index (χ4v) is 1.66. The molecule has 0 heterocycles. The quantitative estimate of drug-likeness (QED) is 0.631. The molecule has 0 saturated heterocycles. The standard InChI is InChI=1S/C13H23NOSi/c1-13(2,16(3)4)10-15-9-11-5-7-12(14)8-6-11/h5-8,16H,9-10,14H2,1-4H3. The molecule has 0 aromatic heterocycles. The lowest BCUT2D eigenvalue weighted by molar-refractivity contribution is 0.101. The summed E-state index contributed by atoms with van der Waals surface area (Å²) in [5.74, 6) is 0. The zero-order valence-electron chi connectivity index (χ0n) is 10.8. The third kappa shape index (κ3) is 3.98. The van der Waals surface area contributed by atoms with Gasteiger partial charge in [0.25, 0.3) is 0 Å². The van der Waals surface area contributed by atoms with Crippen molar-refractivity contribution in [3.63, 3.8) is 0 Å². The number of ether oxygens (including phenoxy) is 1. The molecule has 2 nitrogen and oxygen atoms in total. The van der Waals surface area contributed by atoms with Crippen molar-refractivity contribution in [3.8, 4) is 0 Å². The Balaban J connectivity index is 2.39. The molecular formula is C13H23NOSi. The third-order valence-electron chi connectivity index (χ3n) is 3.29. The van der Waals surface area contributed by atoms with Crippen LogP contribution in [0.2, 0.25) is 18.1 Å². The van der Waals surface area contributed by atoms with Gasteiger partial charge < -0.3 is 10.5 Å². The van der Waals surface area contributed by atoms with Crippen LogP contribution in [0.1, 0.15) is 19.4 Å². The molecule has 1 aromatic carbocycles. The maximum absolute atomic E-state index is 5.78.